The van der Waals surface area contributed by atoms with Crippen molar-refractivity contribution in [1.29, 1.82) is 0 Å². The van der Waals surface area contributed by atoms with Crippen LogP contribution in [0.3, 0.4) is 0 Å². The van der Waals surface area contributed by atoms with Crippen molar-refractivity contribution in [2.45, 2.75) is 71.2 Å². The second-order valence-corrected chi connectivity index (χ2v) is 6.33. The van der Waals surface area contributed by atoms with Crippen LogP contribution in [0.25, 0.3) is 0 Å². The van der Waals surface area contributed by atoms with Gasteiger partial charge < -0.3 is 14.4 Å². The van der Waals surface area contributed by atoms with Gasteiger partial charge in [0.1, 0.15) is 12.1 Å². The first-order valence-electron chi connectivity index (χ1n) is 9.00. The number of hydrogen-bond acceptors (Lipinski definition) is 5. The van der Waals surface area contributed by atoms with E-state index in [1.54, 1.807) is 0 Å². The predicted octanol–water partition coefficient (Wildman–Crippen LogP) is 3.11. The number of rotatable bonds is 8. The molecule has 0 aromatic carbocycles. The van der Waals surface area contributed by atoms with Gasteiger partial charge in [0.25, 0.3) is 0 Å². The molecule has 134 valence electrons. The maximum absolute atomic E-state index is 12.3. The topological polar surface area (TPSA) is 51.1 Å². The molecule has 2 unspecified atom stereocenters. The number of ether oxygens (including phenoxy) is 2. The Morgan fingerprint density at radius 3 is 2.75 bits per heavy atom. The summed E-state index contributed by atoms with van der Waals surface area (Å²) in [6.45, 7) is 13.0. The highest BCUT2D eigenvalue weighted by Gasteiger charge is 2.43. The molecule has 0 saturated heterocycles. The Morgan fingerprint density at radius 1 is 1.46 bits per heavy atom. The lowest BCUT2D eigenvalue weighted by molar-refractivity contribution is -0.139. The molecule has 0 bridgehead atoms. The highest BCUT2D eigenvalue weighted by Crippen LogP contribution is 2.33. The van der Waals surface area contributed by atoms with Gasteiger partial charge in [0.05, 0.1) is 24.6 Å². The number of aliphatic imine (C=N–C) groups is 1. The van der Waals surface area contributed by atoms with Crippen molar-refractivity contribution in [1.82, 2.24) is 4.90 Å². The van der Waals surface area contributed by atoms with E-state index in [1.807, 2.05) is 26.0 Å². The Balaban J connectivity index is 2.28. The van der Waals surface area contributed by atoms with Crippen molar-refractivity contribution >= 4 is 11.8 Å². The molecular formula is C19H30N2O3. The van der Waals surface area contributed by atoms with Gasteiger partial charge in [-0.05, 0) is 32.8 Å². The van der Waals surface area contributed by atoms with Gasteiger partial charge in [0.2, 0.25) is 0 Å². The van der Waals surface area contributed by atoms with Crippen LogP contribution in [-0.2, 0) is 14.3 Å². The van der Waals surface area contributed by atoms with Crippen molar-refractivity contribution in [2.75, 3.05) is 13.2 Å². The monoisotopic (exact) mass is 334 g/mol. The molecule has 0 radical (unpaired) electrons. The van der Waals surface area contributed by atoms with Crippen LogP contribution < -0.4 is 0 Å². The first-order chi connectivity index (χ1) is 11.5. The van der Waals surface area contributed by atoms with Gasteiger partial charge in [-0.2, -0.15) is 0 Å². The number of esters is 1. The number of amidine groups is 1. The number of carbonyl (C=O) groups excluding carboxylic acids is 1. The second-order valence-electron chi connectivity index (χ2n) is 6.33. The van der Waals surface area contributed by atoms with Crippen molar-refractivity contribution in [2.24, 2.45) is 4.99 Å². The zero-order valence-electron chi connectivity index (χ0n) is 15.3. The largest absolute Gasteiger partial charge is 0.463 e. The van der Waals surface area contributed by atoms with Gasteiger partial charge in [0, 0.05) is 18.5 Å². The van der Waals surface area contributed by atoms with E-state index in [9.17, 15) is 4.79 Å². The SMILES string of the molecule is C=CCN1C(C)=NC2C(OC(CC)CC)C=C(C(=O)OCC)C[C@@H]21. The fraction of sp³-hybridized carbons (Fsp3) is 0.684. The first-order valence-corrected chi connectivity index (χ1v) is 9.00. The number of nitrogens with zero attached hydrogens (tertiary/aromatic N) is 2. The van der Waals surface area contributed by atoms with Crippen LogP contribution in [0.1, 0.15) is 47.0 Å². The quantitative estimate of drug-likeness (QED) is 0.505. The molecular weight excluding hydrogens is 304 g/mol. The molecule has 5 heteroatoms. The van der Waals surface area contributed by atoms with Crippen LogP contribution in [0, 0.1) is 0 Å². The molecule has 2 aliphatic rings. The first kappa shape index (κ1) is 18.7. The van der Waals surface area contributed by atoms with E-state index in [0.29, 0.717) is 18.6 Å². The van der Waals surface area contributed by atoms with Crippen LogP contribution in [-0.4, -0.2) is 54.1 Å². The molecule has 0 N–H and O–H groups in total. The Hall–Kier alpha value is -1.62. The molecule has 1 heterocycles. The molecule has 1 aliphatic heterocycles. The second kappa shape index (κ2) is 8.47. The summed E-state index contributed by atoms with van der Waals surface area (Å²) in [5, 5.41) is 0. The fourth-order valence-corrected chi connectivity index (χ4v) is 3.52. The van der Waals surface area contributed by atoms with Crippen LogP contribution in [0.4, 0.5) is 0 Å². The van der Waals surface area contributed by atoms with Crippen LogP contribution >= 0.6 is 0 Å². The summed E-state index contributed by atoms with van der Waals surface area (Å²) < 4.78 is 11.5. The van der Waals surface area contributed by atoms with Gasteiger partial charge in [-0.3, -0.25) is 4.99 Å². The van der Waals surface area contributed by atoms with E-state index in [4.69, 9.17) is 14.5 Å². The summed E-state index contributed by atoms with van der Waals surface area (Å²) in [5.41, 5.74) is 0.702. The highest BCUT2D eigenvalue weighted by atomic mass is 16.5. The number of hydrogen-bond donors (Lipinski definition) is 0. The standard InChI is InChI=1S/C19H30N2O3/c1-6-10-21-13(5)20-18-16(21)11-14(19(22)23-9-4)12-17(18)24-15(7-2)8-3/h6,12,15-18H,1,7-11H2,2-5H3/t16-,17?,18?/m0/s1. The molecule has 0 aromatic rings. The minimum absolute atomic E-state index is 0.0312. The summed E-state index contributed by atoms with van der Waals surface area (Å²) in [5.74, 6) is 0.749. The Labute approximate surface area is 145 Å². The van der Waals surface area contributed by atoms with Crippen LogP contribution in [0.5, 0.6) is 0 Å². The van der Waals surface area contributed by atoms with Crippen LogP contribution in [0.15, 0.2) is 29.3 Å². The van der Waals surface area contributed by atoms with E-state index >= 15 is 0 Å². The minimum Gasteiger partial charge on any atom is -0.463 e. The van der Waals surface area contributed by atoms with Gasteiger partial charge >= 0.3 is 5.97 Å². The lowest BCUT2D eigenvalue weighted by atomic mass is 9.88. The summed E-state index contributed by atoms with van der Waals surface area (Å²) in [7, 11) is 0. The van der Waals surface area contributed by atoms with E-state index < -0.39 is 0 Å². The lowest BCUT2D eigenvalue weighted by Gasteiger charge is -2.36. The normalized spacial score (nSPS) is 26.0. The van der Waals surface area contributed by atoms with Crippen molar-refractivity contribution in [3.05, 3.63) is 24.3 Å². The maximum Gasteiger partial charge on any atom is 0.333 e. The van der Waals surface area contributed by atoms with E-state index in [-0.39, 0.29) is 30.3 Å². The molecule has 0 spiro atoms. The number of fused-ring (bicyclic) bond motifs is 1. The van der Waals surface area contributed by atoms with Crippen molar-refractivity contribution in [3.63, 3.8) is 0 Å². The Kier molecular flexibility index (Phi) is 6.60. The maximum atomic E-state index is 12.3. The van der Waals surface area contributed by atoms with E-state index in [1.165, 1.54) is 0 Å². The average molecular weight is 334 g/mol. The zero-order valence-corrected chi connectivity index (χ0v) is 15.3. The predicted molar refractivity (Wildman–Crippen MR) is 96.2 cm³/mol. The third-order valence-corrected chi connectivity index (χ3v) is 4.80. The smallest absolute Gasteiger partial charge is 0.333 e. The number of carbonyl (C=O) groups is 1. The minimum atomic E-state index is -0.239. The molecule has 2 rings (SSSR count). The van der Waals surface area contributed by atoms with Gasteiger partial charge in [-0.25, -0.2) is 4.79 Å². The molecule has 5 nitrogen and oxygen atoms in total. The highest BCUT2D eigenvalue weighted by molar-refractivity contribution is 5.90. The van der Waals surface area contributed by atoms with Gasteiger partial charge in [-0.15, -0.1) is 6.58 Å². The third kappa shape index (κ3) is 3.89. The zero-order chi connectivity index (χ0) is 17.7. The fourth-order valence-electron chi connectivity index (χ4n) is 3.52. The van der Waals surface area contributed by atoms with E-state index in [2.05, 4.69) is 25.3 Å². The molecule has 0 amide bonds. The van der Waals surface area contributed by atoms with Gasteiger partial charge in [0.15, 0.2) is 0 Å². The van der Waals surface area contributed by atoms with E-state index in [0.717, 1.165) is 25.2 Å². The molecule has 0 saturated carbocycles. The van der Waals surface area contributed by atoms with Crippen LogP contribution in [0.2, 0.25) is 0 Å². The summed E-state index contributed by atoms with van der Waals surface area (Å²) in [4.78, 5) is 19.3. The lowest BCUT2D eigenvalue weighted by Crippen LogP contribution is -2.48. The molecule has 0 fully saturated rings. The van der Waals surface area contributed by atoms with Crippen molar-refractivity contribution < 1.29 is 14.3 Å². The Morgan fingerprint density at radius 2 is 2.17 bits per heavy atom. The summed E-state index contributed by atoms with van der Waals surface area (Å²) >= 11 is 0. The van der Waals surface area contributed by atoms with Crippen molar-refractivity contribution in [3.8, 4) is 0 Å². The third-order valence-electron chi connectivity index (χ3n) is 4.80. The summed E-state index contributed by atoms with van der Waals surface area (Å²) in [6.07, 6.45) is 6.35. The molecule has 24 heavy (non-hydrogen) atoms. The Bertz CT molecular complexity index is 523. The molecule has 1 aliphatic carbocycles. The van der Waals surface area contributed by atoms with Gasteiger partial charge in [-0.1, -0.05) is 19.9 Å². The average Bonchev–Trinajstić information content (AvgIpc) is 2.89. The summed E-state index contributed by atoms with van der Waals surface area (Å²) in [6, 6.07) is 0.162. The molecule has 0 aromatic heterocycles. The molecule has 3 atom stereocenters.